The van der Waals surface area contributed by atoms with Crippen molar-refractivity contribution in [2.45, 2.75) is 39.2 Å². The predicted octanol–water partition coefficient (Wildman–Crippen LogP) is 3.21. The van der Waals surface area contributed by atoms with Crippen LogP contribution in [0.25, 0.3) is 11.4 Å². The van der Waals surface area contributed by atoms with Crippen LogP contribution in [0.15, 0.2) is 34.9 Å². The van der Waals surface area contributed by atoms with Crippen molar-refractivity contribution in [1.82, 2.24) is 19.9 Å². The van der Waals surface area contributed by atoms with Crippen LogP contribution >= 0.6 is 0 Å². The topological polar surface area (TPSA) is 62.5 Å². The molecule has 1 aromatic heterocycles. The van der Waals surface area contributed by atoms with E-state index in [0.717, 1.165) is 63.3 Å². The van der Waals surface area contributed by atoms with E-state index in [1.54, 1.807) is 0 Å². The average molecular weight is 368 g/mol. The molecule has 2 aliphatic rings. The molecule has 1 aromatic carbocycles. The Bertz CT molecular complexity index is 753. The maximum atomic E-state index is 12.9. The van der Waals surface area contributed by atoms with Crippen molar-refractivity contribution in [3.05, 3.63) is 36.2 Å². The monoisotopic (exact) mass is 368 g/mol. The third-order valence-corrected chi connectivity index (χ3v) is 5.81. The summed E-state index contributed by atoms with van der Waals surface area (Å²) in [5, 5.41) is 4.10. The van der Waals surface area contributed by atoms with Crippen LogP contribution in [-0.2, 0) is 11.3 Å². The summed E-state index contributed by atoms with van der Waals surface area (Å²) < 4.78 is 5.45. The first-order valence-electron chi connectivity index (χ1n) is 10.1. The van der Waals surface area contributed by atoms with Crippen molar-refractivity contribution in [3.8, 4) is 11.4 Å². The number of aromatic nitrogens is 2. The van der Waals surface area contributed by atoms with Gasteiger partial charge in [0, 0.05) is 25.2 Å². The third kappa shape index (κ3) is 4.38. The Morgan fingerprint density at radius 2 is 1.93 bits per heavy atom. The van der Waals surface area contributed by atoms with Crippen molar-refractivity contribution < 1.29 is 9.32 Å². The van der Waals surface area contributed by atoms with Gasteiger partial charge < -0.3 is 9.42 Å². The van der Waals surface area contributed by atoms with Gasteiger partial charge in [-0.25, -0.2) is 0 Å². The summed E-state index contributed by atoms with van der Waals surface area (Å²) in [6.45, 7) is 6.48. The number of nitrogens with zero attached hydrogens (tertiary/aromatic N) is 4. The molecule has 2 aromatic rings. The van der Waals surface area contributed by atoms with E-state index in [1.807, 2.05) is 30.3 Å². The molecule has 0 bridgehead atoms. The molecule has 1 unspecified atom stereocenters. The maximum absolute atomic E-state index is 12.9. The fourth-order valence-corrected chi connectivity index (χ4v) is 4.10. The molecule has 3 heterocycles. The van der Waals surface area contributed by atoms with Crippen molar-refractivity contribution in [2.75, 3.05) is 26.2 Å². The second-order valence-corrected chi connectivity index (χ2v) is 7.96. The van der Waals surface area contributed by atoms with Crippen molar-refractivity contribution in [2.24, 2.45) is 11.8 Å². The Morgan fingerprint density at radius 3 is 2.70 bits per heavy atom. The number of piperidine rings is 2. The summed E-state index contributed by atoms with van der Waals surface area (Å²) in [4.78, 5) is 21.8. The van der Waals surface area contributed by atoms with Crippen LogP contribution in [0.5, 0.6) is 0 Å². The zero-order valence-corrected chi connectivity index (χ0v) is 16.0. The molecule has 6 heteroatoms. The number of carbonyl (C=O) groups excluding carboxylic acids is 1. The van der Waals surface area contributed by atoms with Gasteiger partial charge in [0.05, 0.1) is 12.5 Å². The SMILES string of the molecule is CC1CCN(C(=O)C2CCCN(Cc3nc(-c4ccccc4)no3)C2)CC1. The molecule has 2 fully saturated rings. The summed E-state index contributed by atoms with van der Waals surface area (Å²) in [5.41, 5.74) is 0.957. The summed E-state index contributed by atoms with van der Waals surface area (Å²) in [5.74, 6) is 2.42. The first-order chi connectivity index (χ1) is 13.2. The predicted molar refractivity (Wildman–Crippen MR) is 103 cm³/mol. The van der Waals surface area contributed by atoms with Gasteiger partial charge in [-0.15, -0.1) is 0 Å². The van der Waals surface area contributed by atoms with Gasteiger partial charge in [0.25, 0.3) is 0 Å². The molecule has 144 valence electrons. The van der Waals surface area contributed by atoms with Gasteiger partial charge in [0.15, 0.2) is 0 Å². The molecule has 1 amide bonds. The summed E-state index contributed by atoms with van der Waals surface area (Å²) in [7, 11) is 0. The highest BCUT2D eigenvalue weighted by atomic mass is 16.5. The first-order valence-corrected chi connectivity index (χ1v) is 10.1. The maximum Gasteiger partial charge on any atom is 0.241 e. The summed E-state index contributed by atoms with van der Waals surface area (Å²) in [6.07, 6.45) is 4.29. The highest BCUT2D eigenvalue weighted by Crippen LogP contribution is 2.24. The minimum Gasteiger partial charge on any atom is -0.342 e. The van der Waals surface area contributed by atoms with Gasteiger partial charge in [-0.2, -0.15) is 4.98 Å². The summed E-state index contributed by atoms with van der Waals surface area (Å²) in [6, 6.07) is 9.85. The van der Waals surface area contributed by atoms with Gasteiger partial charge >= 0.3 is 0 Å². The normalized spacial score (nSPS) is 22.1. The number of likely N-dealkylation sites (tertiary alicyclic amines) is 2. The molecular weight excluding hydrogens is 340 g/mol. The molecule has 0 spiro atoms. The Balaban J connectivity index is 1.35. The van der Waals surface area contributed by atoms with Crippen LogP contribution < -0.4 is 0 Å². The zero-order chi connectivity index (χ0) is 18.6. The molecule has 4 rings (SSSR count). The number of amides is 1. The summed E-state index contributed by atoms with van der Waals surface area (Å²) >= 11 is 0. The molecule has 6 nitrogen and oxygen atoms in total. The minimum atomic E-state index is 0.101. The number of benzene rings is 1. The number of hydrogen-bond acceptors (Lipinski definition) is 5. The van der Waals surface area contributed by atoms with E-state index >= 15 is 0 Å². The largest absolute Gasteiger partial charge is 0.342 e. The van der Waals surface area contributed by atoms with E-state index in [9.17, 15) is 4.79 Å². The Hall–Kier alpha value is -2.21. The molecule has 0 aliphatic carbocycles. The third-order valence-electron chi connectivity index (χ3n) is 5.81. The standard InChI is InChI=1S/C21H28N4O2/c1-16-9-12-25(13-10-16)21(26)18-8-5-11-24(14-18)15-19-22-20(23-27-19)17-6-3-2-4-7-17/h2-4,6-7,16,18H,5,8-15H2,1H3. The van der Waals surface area contributed by atoms with Crippen molar-refractivity contribution in [3.63, 3.8) is 0 Å². The van der Waals surface area contributed by atoms with Gasteiger partial charge in [-0.3, -0.25) is 9.69 Å². The van der Waals surface area contributed by atoms with Gasteiger partial charge in [0.1, 0.15) is 0 Å². The van der Waals surface area contributed by atoms with E-state index in [2.05, 4.69) is 26.9 Å². The Labute approximate surface area is 160 Å². The van der Waals surface area contributed by atoms with Crippen LogP contribution in [0, 0.1) is 11.8 Å². The number of carbonyl (C=O) groups is 1. The lowest BCUT2D eigenvalue weighted by Crippen LogP contribution is -2.46. The fraction of sp³-hybridized carbons (Fsp3) is 0.571. The van der Waals surface area contributed by atoms with Gasteiger partial charge in [-0.1, -0.05) is 42.4 Å². The Kier molecular flexibility index (Phi) is 5.53. The highest BCUT2D eigenvalue weighted by molar-refractivity contribution is 5.79. The number of hydrogen-bond donors (Lipinski definition) is 0. The molecule has 0 N–H and O–H groups in total. The van der Waals surface area contributed by atoms with Crippen LogP contribution in [0.1, 0.15) is 38.5 Å². The van der Waals surface area contributed by atoms with E-state index in [0.29, 0.717) is 24.2 Å². The lowest BCUT2D eigenvalue weighted by Gasteiger charge is -2.37. The lowest BCUT2D eigenvalue weighted by molar-refractivity contribution is -0.138. The lowest BCUT2D eigenvalue weighted by atomic mass is 9.93. The van der Waals surface area contributed by atoms with Gasteiger partial charge in [-0.05, 0) is 38.1 Å². The molecule has 27 heavy (non-hydrogen) atoms. The second kappa shape index (κ2) is 8.21. The van der Waals surface area contributed by atoms with Crippen LogP contribution in [0.4, 0.5) is 0 Å². The molecule has 2 saturated heterocycles. The van der Waals surface area contributed by atoms with Crippen molar-refractivity contribution in [1.29, 1.82) is 0 Å². The minimum absolute atomic E-state index is 0.101. The molecular formula is C21H28N4O2. The molecule has 2 aliphatic heterocycles. The van der Waals surface area contributed by atoms with Crippen LogP contribution in [-0.4, -0.2) is 52.0 Å². The fourth-order valence-electron chi connectivity index (χ4n) is 4.10. The quantitative estimate of drug-likeness (QED) is 0.829. The van der Waals surface area contributed by atoms with Crippen molar-refractivity contribution >= 4 is 5.91 Å². The van der Waals surface area contributed by atoms with Crippen LogP contribution in [0.2, 0.25) is 0 Å². The van der Waals surface area contributed by atoms with Crippen LogP contribution in [0.3, 0.4) is 0 Å². The molecule has 0 radical (unpaired) electrons. The smallest absolute Gasteiger partial charge is 0.241 e. The molecule has 0 saturated carbocycles. The zero-order valence-electron chi connectivity index (χ0n) is 16.0. The van der Waals surface area contributed by atoms with E-state index in [1.165, 1.54) is 0 Å². The molecule has 1 atom stereocenters. The highest BCUT2D eigenvalue weighted by Gasteiger charge is 2.31. The second-order valence-electron chi connectivity index (χ2n) is 7.96. The Morgan fingerprint density at radius 1 is 1.15 bits per heavy atom. The van der Waals surface area contributed by atoms with E-state index < -0.39 is 0 Å². The van der Waals surface area contributed by atoms with E-state index in [-0.39, 0.29) is 5.92 Å². The van der Waals surface area contributed by atoms with E-state index in [4.69, 9.17) is 4.52 Å². The first kappa shape index (κ1) is 18.2. The number of rotatable bonds is 4. The average Bonchev–Trinajstić information content (AvgIpc) is 3.17. The van der Waals surface area contributed by atoms with Gasteiger partial charge in [0.2, 0.25) is 17.6 Å².